The SMILES string of the molecule is O=C(C1=C(c2ccc(O)cc2)Cc2cc(O)ccc21)c1ccc(OCCN2CCCCC2)cc1. The predicted molar refractivity (Wildman–Crippen MR) is 133 cm³/mol. The van der Waals surface area contributed by atoms with Crippen molar-refractivity contribution >= 4 is 16.9 Å². The van der Waals surface area contributed by atoms with E-state index < -0.39 is 0 Å². The molecule has 1 fully saturated rings. The third-order valence-electron chi connectivity index (χ3n) is 6.71. The predicted octanol–water partition coefficient (Wildman–Crippen LogP) is 5.31. The van der Waals surface area contributed by atoms with E-state index >= 15 is 0 Å². The average molecular weight is 456 g/mol. The molecule has 0 saturated carbocycles. The molecule has 34 heavy (non-hydrogen) atoms. The molecule has 1 aliphatic heterocycles. The van der Waals surface area contributed by atoms with E-state index in [0.29, 0.717) is 24.2 Å². The van der Waals surface area contributed by atoms with Gasteiger partial charge in [-0.3, -0.25) is 9.69 Å². The number of nitrogens with zero attached hydrogens (tertiary/aromatic N) is 1. The van der Waals surface area contributed by atoms with Gasteiger partial charge in [-0.05, 0) is 103 Å². The summed E-state index contributed by atoms with van der Waals surface area (Å²) in [5.74, 6) is 1.07. The number of ether oxygens (including phenoxy) is 1. The van der Waals surface area contributed by atoms with Crippen LogP contribution in [0.4, 0.5) is 0 Å². The maximum atomic E-state index is 13.7. The molecule has 5 rings (SSSR count). The van der Waals surface area contributed by atoms with E-state index in [0.717, 1.165) is 47.6 Å². The molecule has 0 aromatic heterocycles. The van der Waals surface area contributed by atoms with Crippen molar-refractivity contribution in [3.63, 3.8) is 0 Å². The Labute approximate surface area is 199 Å². The smallest absolute Gasteiger partial charge is 0.193 e. The lowest BCUT2D eigenvalue weighted by Crippen LogP contribution is -2.33. The Morgan fingerprint density at radius 2 is 1.56 bits per heavy atom. The molecule has 0 radical (unpaired) electrons. The van der Waals surface area contributed by atoms with Crippen LogP contribution in [0.25, 0.3) is 11.1 Å². The molecule has 0 bridgehead atoms. The first-order valence-electron chi connectivity index (χ1n) is 11.9. The topological polar surface area (TPSA) is 70.0 Å². The van der Waals surface area contributed by atoms with E-state index in [2.05, 4.69) is 4.90 Å². The van der Waals surface area contributed by atoms with Gasteiger partial charge in [0, 0.05) is 17.7 Å². The van der Waals surface area contributed by atoms with Crippen LogP contribution in [0.1, 0.15) is 46.3 Å². The summed E-state index contributed by atoms with van der Waals surface area (Å²) in [6, 6.07) is 19.4. The standard InChI is InChI=1S/C29H29NO4/c31-23-8-4-20(5-9-23)27-19-22-18-24(32)10-13-26(22)28(27)29(33)21-6-11-25(12-7-21)34-17-16-30-14-2-1-3-15-30/h4-13,18,31-32H,1-3,14-17,19H2. The maximum absolute atomic E-state index is 13.7. The number of rotatable bonds is 7. The minimum Gasteiger partial charge on any atom is -0.508 e. The third-order valence-corrected chi connectivity index (χ3v) is 6.71. The van der Waals surface area contributed by atoms with Gasteiger partial charge in [0.2, 0.25) is 0 Å². The van der Waals surface area contributed by atoms with Crippen molar-refractivity contribution < 1.29 is 19.7 Å². The van der Waals surface area contributed by atoms with Gasteiger partial charge >= 0.3 is 0 Å². The second-order valence-electron chi connectivity index (χ2n) is 9.02. The van der Waals surface area contributed by atoms with Crippen molar-refractivity contribution in [2.24, 2.45) is 0 Å². The first-order valence-corrected chi connectivity index (χ1v) is 11.9. The van der Waals surface area contributed by atoms with Crippen molar-refractivity contribution in [2.45, 2.75) is 25.7 Å². The highest BCUT2D eigenvalue weighted by Crippen LogP contribution is 2.41. The molecule has 1 aliphatic carbocycles. The molecule has 2 aliphatic rings. The number of piperidine rings is 1. The Hall–Kier alpha value is -3.57. The van der Waals surface area contributed by atoms with Gasteiger partial charge in [0.05, 0.1) is 0 Å². The molecule has 3 aromatic carbocycles. The summed E-state index contributed by atoms with van der Waals surface area (Å²) in [6.45, 7) is 3.86. The minimum absolute atomic E-state index is 0.0626. The summed E-state index contributed by atoms with van der Waals surface area (Å²) in [5.41, 5.74) is 4.77. The summed E-state index contributed by atoms with van der Waals surface area (Å²) in [5, 5.41) is 19.7. The molecule has 0 unspecified atom stereocenters. The molecule has 5 heteroatoms. The molecular formula is C29H29NO4. The molecule has 5 nitrogen and oxygen atoms in total. The number of hydrogen-bond acceptors (Lipinski definition) is 5. The fraction of sp³-hybridized carbons (Fsp3) is 0.276. The largest absolute Gasteiger partial charge is 0.508 e. The molecular weight excluding hydrogens is 426 g/mol. The number of aromatic hydroxyl groups is 2. The Morgan fingerprint density at radius 3 is 2.29 bits per heavy atom. The molecule has 174 valence electrons. The Morgan fingerprint density at radius 1 is 0.853 bits per heavy atom. The average Bonchev–Trinajstić information content (AvgIpc) is 3.23. The number of carbonyl (C=O) groups is 1. The minimum atomic E-state index is -0.0626. The van der Waals surface area contributed by atoms with Crippen LogP contribution >= 0.6 is 0 Å². The number of hydrogen-bond donors (Lipinski definition) is 2. The lowest BCUT2D eigenvalue weighted by Gasteiger charge is -2.26. The number of allylic oxidation sites excluding steroid dienone is 2. The van der Waals surface area contributed by atoms with Gasteiger partial charge < -0.3 is 14.9 Å². The number of benzene rings is 3. The number of likely N-dealkylation sites (tertiary alicyclic amines) is 1. The van der Waals surface area contributed by atoms with E-state index in [9.17, 15) is 15.0 Å². The van der Waals surface area contributed by atoms with E-state index in [1.807, 2.05) is 42.5 Å². The van der Waals surface area contributed by atoms with Crippen LogP contribution < -0.4 is 4.74 Å². The lowest BCUT2D eigenvalue weighted by molar-refractivity contribution is 0.105. The number of phenols is 2. The Balaban J connectivity index is 1.36. The normalized spacial score (nSPS) is 15.9. The van der Waals surface area contributed by atoms with Gasteiger partial charge in [-0.15, -0.1) is 0 Å². The van der Waals surface area contributed by atoms with Crippen LogP contribution in [0.5, 0.6) is 17.2 Å². The van der Waals surface area contributed by atoms with Crippen LogP contribution in [0.3, 0.4) is 0 Å². The highest BCUT2D eigenvalue weighted by Gasteiger charge is 2.28. The summed E-state index contributed by atoms with van der Waals surface area (Å²) in [7, 11) is 0. The molecule has 3 aromatic rings. The molecule has 0 amide bonds. The molecule has 2 N–H and O–H groups in total. The fourth-order valence-electron chi connectivity index (χ4n) is 4.90. The van der Waals surface area contributed by atoms with E-state index in [4.69, 9.17) is 4.74 Å². The number of carbonyl (C=O) groups excluding carboxylic acids is 1. The van der Waals surface area contributed by atoms with Gasteiger partial charge in [-0.2, -0.15) is 0 Å². The number of phenolic OH excluding ortho intramolecular Hbond substituents is 2. The van der Waals surface area contributed by atoms with E-state index in [1.54, 1.807) is 24.3 Å². The third kappa shape index (κ3) is 4.70. The van der Waals surface area contributed by atoms with Gasteiger partial charge in [0.1, 0.15) is 23.9 Å². The number of Topliss-reactive ketones (excluding diaryl/α,β-unsaturated/α-hetero) is 1. The van der Waals surface area contributed by atoms with Gasteiger partial charge in [0.15, 0.2) is 5.78 Å². The molecule has 0 atom stereocenters. The summed E-state index contributed by atoms with van der Waals surface area (Å²) in [4.78, 5) is 16.1. The van der Waals surface area contributed by atoms with Crippen LogP contribution in [0.2, 0.25) is 0 Å². The Bertz CT molecular complexity index is 1210. The van der Waals surface area contributed by atoms with Crippen LogP contribution in [-0.4, -0.2) is 47.1 Å². The van der Waals surface area contributed by atoms with Crippen molar-refractivity contribution in [3.05, 3.63) is 89.0 Å². The van der Waals surface area contributed by atoms with Crippen LogP contribution in [-0.2, 0) is 6.42 Å². The highest BCUT2D eigenvalue weighted by molar-refractivity contribution is 6.36. The van der Waals surface area contributed by atoms with Crippen molar-refractivity contribution in [1.82, 2.24) is 4.90 Å². The maximum Gasteiger partial charge on any atom is 0.193 e. The molecule has 1 heterocycles. The lowest BCUT2D eigenvalue weighted by atomic mass is 9.93. The summed E-state index contributed by atoms with van der Waals surface area (Å²) >= 11 is 0. The van der Waals surface area contributed by atoms with Gasteiger partial charge in [-0.25, -0.2) is 0 Å². The molecule has 0 spiro atoms. The second-order valence-corrected chi connectivity index (χ2v) is 9.02. The fourth-order valence-corrected chi connectivity index (χ4v) is 4.90. The molecule has 1 saturated heterocycles. The van der Waals surface area contributed by atoms with Crippen LogP contribution in [0.15, 0.2) is 66.7 Å². The van der Waals surface area contributed by atoms with Crippen molar-refractivity contribution in [2.75, 3.05) is 26.2 Å². The zero-order valence-electron chi connectivity index (χ0n) is 19.2. The number of ketones is 1. The first-order chi connectivity index (χ1) is 16.6. The first kappa shape index (κ1) is 22.2. The summed E-state index contributed by atoms with van der Waals surface area (Å²) < 4.78 is 5.92. The zero-order valence-corrected chi connectivity index (χ0v) is 19.2. The van der Waals surface area contributed by atoms with Crippen molar-refractivity contribution in [3.8, 4) is 17.2 Å². The second kappa shape index (κ2) is 9.74. The highest BCUT2D eigenvalue weighted by atomic mass is 16.5. The van der Waals surface area contributed by atoms with E-state index in [-0.39, 0.29) is 17.3 Å². The van der Waals surface area contributed by atoms with Crippen LogP contribution in [0, 0.1) is 0 Å². The monoisotopic (exact) mass is 455 g/mol. The van der Waals surface area contributed by atoms with Crippen molar-refractivity contribution in [1.29, 1.82) is 0 Å². The quantitative estimate of drug-likeness (QED) is 0.473. The zero-order chi connectivity index (χ0) is 23.5. The van der Waals surface area contributed by atoms with E-state index in [1.165, 1.54) is 19.3 Å². The van der Waals surface area contributed by atoms with Gasteiger partial charge in [0.25, 0.3) is 0 Å². The Kier molecular flexibility index (Phi) is 6.37. The summed E-state index contributed by atoms with van der Waals surface area (Å²) in [6.07, 6.45) is 4.40. The number of fused-ring (bicyclic) bond motifs is 1. The van der Waals surface area contributed by atoms with Gasteiger partial charge in [-0.1, -0.05) is 24.6 Å².